The zero-order chi connectivity index (χ0) is 26.4. The Morgan fingerprint density at radius 3 is 2.16 bits per heavy atom. The van der Waals surface area contributed by atoms with Crippen LogP contribution in [0.4, 0.5) is 4.79 Å². The smallest absolute Gasteiger partial charge is 0.410 e. The molecule has 0 radical (unpaired) electrons. The minimum absolute atomic E-state index is 0.0293. The second-order valence-corrected chi connectivity index (χ2v) is 10.6. The van der Waals surface area contributed by atoms with Gasteiger partial charge in [-0.25, -0.2) is 4.79 Å². The van der Waals surface area contributed by atoms with Crippen molar-refractivity contribution in [3.05, 3.63) is 54.1 Å². The molecule has 1 atom stereocenters. The van der Waals surface area contributed by atoms with E-state index >= 15 is 0 Å². The number of amides is 2. The van der Waals surface area contributed by atoms with Crippen molar-refractivity contribution in [3.8, 4) is 22.9 Å². The normalized spacial score (nSPS) is 18.4. The van der Waals surface area contributed by atoms with Gasteiger partial charge in [-0.3, -0.25) is 14.6 Å². The van der Waals surface area contributed by atoms with Crippen molar-refractivity contribution in [2.75, 3.05) is 45.9 Å². The number of nitrogens with zero attached hydrogens (tertiary/aromatic N) is 4. The van der Waals surface area contributed by atoms with Crippen LogP contribution in [0, 0.1) is 11.3 Å². The molecule has 0 aliphatic carbocycles. The largest absolute Gasteiger partial charge is 0.492 e. The third-order valence-corrected chi connectivity index (χ3v) is 6.73. The van der Waals surface area contributed by atoms with E-state index in [1.165, 1.54) is 0 Å². The number of nitriles is 1. The zero-order valence-corrected chi connectivity index (χ0v) is 22.0. The summed E-state index contributed by atoms with van der Waals surface area (Å²) in [5.74, 6) is 0.844. The lowest BCUT2D eigenvalue weighted by Gasteiger charge is -2.37. The number of rotatable bonds is 6. The molecular weight excluding hydrogens is 468 g/mol. The first kappa shape index (κ1) is 26.5. The zero-order valence-electron chi connectivity index (χ0n) is 22.0. The molecule has 0 N–H and O–H groups in total. The third kappa shape index (κ3) is 7.01. The van der Waals surface area contributed by atoms with Crippen molar-refractivity contribution < 1.29 is 19.1 Å². The van der Waals surface area contributed by atoms with E-state index in [1.54, 1.807) is 4.90 Å². The highest BCUT2D eigenvalue weighted by molar-refractivity contribution is 5.86. The number of piperazine rings is 1. The summed E-state index contributed by atoms with van der Waals surface area (Å²) >= 11 is 0. The molecule has 0 saturated carbocycles. The van der Waals surface area contributed by atoms with E-state index in [2.05, 4.69) is 11.0 Å². The van der Waals surface area contributed by atoms with Crippen LogP contribution in [0.25, 0.3) is 11.1 Å². The first-order valence-corrected chi connectivity index (χ1v) is 13.0. The fourth-order valence-corrected chi connectivity index (χ4v) is 4.74. The average Bonchev–Trinajstić information content (AvgIpc) is 3.39. The Hall–Kier alpha value is -3.57. The standard InChI is InChI=1S/C29H36N4O4/c1-29(2,3)37-28(35)33-14-4-5-26(33)27(34)32-17-15-31(16-18-32)19-20-36-25-12-10-24(11-13-25)23-8-6-22(21-30)7-9-23/h6-13,26H,4-5,14-20H2,1-3H3/t26-/m1/s1. The number of benzene rings is 2. The van der Waals surface area contributed by atoms with Gasteiger partial charge in [-0.15, -0.1) is 0 Å². The monoisotopic (exact) mass is 504 g/mol. The first-order chi connectivity index (χ1) is 17.7. The van der Waals surface area contributed by atoms with E-state index in [1.807, 2.05) is 74.2 Å². The van der Waals surface area contributed by atoms with Crippen molar-refractivity contribution >= 4 is 12.0 Å². The first-order valence-electron chi connectivity index (χ1n) is 13.0. The van der Waals surface area contributed by atoms with Crippen LogP contribution in [-0.2, 0) is 9.53 Å². The Labute approximate surface area is 219 Å². The van der Waals surface area contributed by atoms with Crippen LogP contribution in [0.3, 0.4) is 0 Å². The summed E-state index contributed by atoms with van der Waals surface area (Å²) in [6, 6.07) is 17.2. The second kappa shape index (κ2) is 11.7. The molecule has 4 rings (SSSR count). The average molecular weight is 505 g/mol. The molecule has 2 fully saturated rings. The molecule has 2 aromatic carbocycles. The molecule has 0 bridgehead atoms. The Balaban J connectivity index is 1.20. The Kier molecular flexibility index (Phi) is 8.34. The molecule has 37 heavy (non-hydrogen) atoms. The molecule has 2 amide bonds. The molecule has 2 heterocycles. The van der Waals surface area contributed by atoms with E-state index in [0.717, 1.165) is 42.9 Å². The number of hydrogen-bond donors (Lipinski definition) is 0. The number of carbonyl (C=O) groups excluding carboxylic acids is 2. The van der Waals surface area contributed by atoms with Crippen LogP contribution in [0.1, 0.15) is 39.2 Å². The lowest BCUT2D eigenvalue weighted by Crippen LogP contribution is -2.55. The van der Waals surface area contributed by atoms with E-state index in [0.29, 0.717) is 38.2 Å². The van der Waals surface area contributed by atoms with Crippen molar-refractivity contribution in [3.63, 3.8) is 0 Å². The van der Waals surface area contributed by atoms with Gasteiger partial charge in [0.1, 0.15) is 24.0 Å². The van der Waals surface area contributed by atoms with Crippen molar-refractivity contribution in [2.45, 2.75) is 45.3 Å². The Morgan fingerprint density at radius 2 is 1.57 bits per heavy atom. The minimum Gasteiger partial charge on any atom is -0.492 e. The highest BCUT2D eigenvalue weighted by atomic mass is 16.6. The quantitative estimate of drug-likeness (QED) is 0.588. The van der Waals surface area contributed by atoms with Crippen molar-refractivity contribution in [2.24, 2.45) is 0 Å². The van der Waals surface area contributed by atoms with Crippen LogP contribution in [-0.4, -0.2) is 84.2 Å². The maximum absolute atomic E-state index is 13.2. The molecule has 0 aromatic heterocycles. The predicted molar refractivity (Wildman–Crippen MR) is 141 cm³/mol. The number of hydrogen-bond acceptors (Lipinski definition) is 6. The SMILES string of the molecule is CC(C)(C)OC(=O)N1CCC[C@@H]1C(=O)N1CCN(CCOc2ccc(-c3ccc(C#N)cc3)cc2)CC1. The summed E-state index contributed by atoms with van der Waals surface area (Å²) in [7, 11) is 0. The van der Waals surface area contributed by atoms with E-state index in [9.17, 15) is 9.59 Å². The van der Waals surface area contributed by atoms with Gasteiger partial charge in [0.05, 0.1) is 11.6 Å². The molecule has 196 valence electrons. The van der Waals surface area contributed by atoms with Gasteiger partial charge in [-0.2, -0.15) is 5.26 Å². The maximum atomic E-state index is 13.2. The van der Waals surface area contributed by atoms with Gasteiger partial charge in [0.2, 0.25) is 5.91 Å². The molecule has 0 spiro atoms. The predicted octanol–water partition coefficient (Wildman–Crippen LogP) is 4.15. The van der Waals surface area contributed by atoms with Crippen LogP contribution in [0.5, 0.6) is 5.75 Å². The molecule has 2 aromatic rings. The maximum Gasteiger partial charge on any atom is 0.410 e. The number of likely N-dealkylation sites (tertiary alicyclic amines) is 1. The molecule has 0 unspecified atom stereocenters. The number of ether oxygens (including phenoxy) is 2. The van der Waals surface area contributed by atoms with E-state index in [-0.39, 0.29) is 5.91 Å². The molecule has 2 aliphatic rings. The van der Waals surface area contributed by atoms with Crippen LogP contribution >= 0.6 is 0 Å². The van der Waals surface area contributed by atoms with E-state index < -0.39 is 17.7 Å². The van der Waals surface area contributed by atoms with Gasteiger partial charge < -0.3 is 14.4 Å². The molecule has 2 saturated heterocycles. The summed E-state index contributed by atoms with van der Waals surface area (Å²) in [6.45, 7) is 10.3. The summed E-state index contributed by atoms with van der Waals surface area (Å²) in [5.41, 5.74) is 2.21. The third-order valence-electron chi connectivity index (χ3n) is 6.73. The topological polar surface area (TPSA) is 86.1 Å². The second-order valence-electron chi connectivity index (χ2n) is 10.6. The highest BCUT2D eigenvalue weighted by Gasteiger charge is 2.39. The van der Waals surface area contributed by atoms with Crippen molar-refractivity contribution in [1.82, 2.24) is 14.7 Å². The Morgan fingerprint density at radius 1 is 0.946 bits per heavy atom. The van der Waals surface area contributed by atoms with Crippen LogP contribution in [0.15, 0.2) is 48.5 Å². The lowest BCUT2D eigenvalue weighted by atomic mass is 10.0. The van der Waals surface area contributed by atoms with Gasteiger partial charge in [-0.05, 0) is 69.0 Å². The van der Waals surface area contributed by atoms with Crippen molar-refractivity contribution in [1.29, 1.82) is 5.26 Å². The molecule has 8 heteroatoms. The van der Waals surface area contributed by atoms with Crippen LogP contribution in [0.2, 0.25) is 0 Å². The summed E-state index contributed by atoms with van der Waals surface area (Å²) in [6.07, 6.45) is 1.11. The van der Waals surface area contributed by atoms with Gasteiger partial charge in [-0.1, -0.05) is 24.3 Å². The summed E-state index contributed by atoms with van der Waals surface area (Å²) < 4.78 is 11.5. The molecule has 2 aliphatic heterocycles. The Bertz CT molecular complexity index is 1110. The number of carbonyl (C=O) groups is 2. The fraction of sp³-hybridized carbons (Fsp3) is 0.483. The highest BCUT2D eigenvalue weighted by Crippen LogP contribution is 2.24. The van der Waals surface area contributed by atoms with E-state index in [4.69, 9.17) is 14.7 Å². The van der Waals surface area contributed by atoms with Crippen LogP contribution < -0.4 is 4.74 Å². The minimum atomic E-state index is -0.575. The van der Waals surface area contributed by atoms with Gasteiger partial charge in [0.15, 0.2) is 0 Å². The van der Waals surface area contributed by atoms with Gasteiger partial charge >= 0.3 is 6.09 Å². The molecule has 8 nitrogen and oxygen atoms in total. The summed E-state index contributed by atoms with van der Waals surface area (Å²) in [4.78, 5) is 31.5. The summed E-state index contributed by atoms with van der Waals surface area (Å²) in [5, 5.41) is 8.95. The molecular formula is C29H36N4O4. The van der Waals surface area contributed by atoms with Gasteiger partial charge in [0.25, 0.3) is 0 Å². The lowest BCUT2D eigenvalue weighted by molar-refractivity contribution is -0.137. The fourth-order valence-electron chi connectivity index (χ4n) is 4.74. The van der Waals surface area contributed by atoms with Gasteiger partial charge in [0, 0.05) is 39.3 Å².